The second-order valence-electron chi connectivity index (χ2n) is 5.47. The molecule has 0 radical (unpaired) electrons. The van der Waals surface area contributed by atoms with Crippen LogP contribution in [0.2, 0.25) is 0 Å². The molecule has 2 unspecified atom stereocenters. The average molecular weight is 246 g/mol. The predicted octanol–water partition coefficient (Wildman–Crippen LogP) is 2.68. The van der Waals surface area contributed by atoms with Gasteiger partial charge in [0.15, 0.2) is 0 Å². The standard InChI is InChI=1S/C16H26N2/c1-2-14-10-11-18(13-14)16(12-17)9-8-15-6-4-3-5-7-15/h3-7,14,16H,2,8-13,17H2,1H3. The SMILES string of the molecule is CCC1CCN(C(CN)CCc2ccccc2)C1. The monoisotopic (exact) mass is 246 g/mol. The van der Waals surface area contributed by atoms with Crippen LogP contribution in [0.4, 0.5) is 0 Å². The molecule has 2 rings (SSSR count). The normalized spacial score (nSPS) is 22.2. The van der Waals surface area contributed by atoms with E-state index >= 15 is 0 Å². The molecule has 0 amide bonds. The molecule has 1 aromatic carbocycles. The number of likely N-dealkylation sites (tertiary alicyclic amines) is 1. The number of rotatable bonds is 6. The minimum atomic E-state index is 0.571. The maximum Gasteiger partial charge on any atom is 0.0221 e. The van der Waals surface area contributed by atoms with E-state index in [1.165, 1.54) is 37.9 Å². The minimum Gasteiger partial charge on any atom is -0.329 e. The molecule has 0 bridgehead atoms. The van der Waals surface area contributed by atoms with Crippen LogP contribution in [-0.4, -0.2) is 30.6 Å². The zero-order valence-corrected chi connectivity index (χ0v) is 11.5. The Labute approximate surface area is 111 Å². The highest BCUT2D eigenvalue weighted by Gasteiger charge is 2.26. The molecular formula is C16H26N2. The lowest BCUT2D eigenvalue weighted by atomic mass is 10.0. The molecule has 0 saturated carbocycles. The first-order chi connectivity index (χ1) is 8.83. The largest absolute Gasteiger partial charge is 0.329 e. The van der Waals surface area contributed by atoms with Crippen molar-refractivity contribution in [2.75, 3.05) is 19.6 Å². The Balaban J connectivity index is 1.83. The van der Waals surface area contributed by atoms with Crippen LogP contribution in [-0.2, 0) is 6.42 Å². The van der Waals surface area contributed by atoms with Gasteiger partial charge in [0, 0.05) is 19.1 Å². The van der Waals surface area contributed by atoms with E-state index in [0.29, 0.717) is 6.04 Å². The van der Waals surface area contributed by atoms with Crippen LogP contribution in [0.25, 0.3) is 0 Å². The third-order valence-electron chi connectivity index (χ3n) is 4.29. The molecule has 0 aliphatic carbocycles. The van der Waals surface area contributed by atoms with Crippen molar-refractivity contribution >= 4 is 0 Å². The Hall–Kier alpha value is -0.860. The van der Waals surface area contributed by atoms with Gasteiger partial charge >= 0.3 is 0 Å². The number of nitrogens with zero attached hydrogens (tertiary/aromatic N) is 1. The Morgan fingerprint density at radius 2 is 2.11 bits per heavy atom. The van der Waals surface area contributed by atoms with Gasteiger partial charge in [0.1, 0.15) is 0 Å². The first kappa shape index (κ1) is 13.6. The van der Waals surface area contributed by atoms with Crippen LogP contribution in [0, 0.1) is 5.92 Å². The fourth-order valence-electron chi connectivity index (χ4n) is 2.95. The van der Waals surface area contributed by atoms with Crippen LogP contribution in [0.15, 0.2) is 30.3 Å². The van der Waals surface area contributed by atoms with Crippen molar-refractivity contribution in [3.05, 3.63) is 35.9 Å². The molecule has 1 aliphatic heterocycles. The van der Waals surface area contributed by atoms with Gasteiger partial charge in [-0.25, -0.2) is 0 Å². The van der Waals surface area contributed by atoms with Gasteiger partial charge in [-0.2, -0.15) is 0 Å². The molecule has 2 atom stereocenters. The summed E-state index contributed by atoms with van der Waals surface area (Å²) in [6.07, 6.45) is 5.01. The maximum absolute atomic E-state index is 5.96. The summed E-state index contributed by atoms with van der Waals surface area (Å²) in [4.78, 5) is 2.61. The summed E-state index contributed by atoms with van der Waals surface area (Å²) in [5.74, 6) is 0.899. The van der Waals surface area contributed by atoms with E-state index in [0.717, 1.165) is 18.9 Å². The highest BCUT2D eigenvalue weighted by atomic mass is 15.2. The molecule has 1 saturated heterocycles. The lowest BCUT2D eigenvalue weighted by Crippen LogP contribution is -2.39. The number of benzene rings is 1. The summed E-state index contributed by atoms with van der Waals surface area (Å²) < 4.78 is 0. The molecule has 2 N–H and O–H groups in total. The van der Waals surface area contributed by atoms with Crippen LogP contribution in [0.3, 0.4) is 0 Å². The Kier molecular flexibility index (Phi) is 5.21. The van der Waals surface area contributed by atoms with E-state index in [-0.39, 0.29) is 0 Å². The summed E-state index contributed by atoms with van der Waals surface area (Å²) in [7, 11) is 0. The van der Waals surface area contributed by atoms with E-state index in [4.69, 9.17) is 5.73 Å². The number of aryl methyl sites for hydroxylation is 1. The van der Waals surface area contributed by atoms with Crippen LogP contribution >= 0.6 is 0 Å². The van der Waals surface area contributed by atoms with Gasteiger partial charge in [-0.3, -0.25) is 4.90 Å². The summed E-state index contributed by atoms with van der Waals surface area (Å²) in [6.45, 7) is 5.60. The Bertz CT molecular complexity index is 336. The summed E-state index contributed by atoms with van der Waals surface area (Å²) in [6, 6.07) is 11.3. The maximum atomic E-state index is 5.96. The van der Waals surface area contributed by atoms with Crippen molar-refractivity contribution in [1.29, 1.82) is 0 Å². The van der Waals surface area contributed by atoms with Gasteiger partial charge < -0.3 is 5.73 Å². The fourth-order valence-corrected chi connectivity index (χ4v) is 2.95. The smallest absolute Gasteiger partial charge is 0.0221 e. The van der Waals surface area contributed by atoms with E-state index in [9.17, 15) is 0 Å². The topological polar surface area (TPSA) is 29.3 Å². The molecule has 1 aromatic rings. The van der Waals surface area contributed by atoms with Gasteiger partial charge in [-0.1, -0.05) is 43.7 Å². The van der Waals surface area contributed by atoms with Crippen molar-refractivity contribution in [3.8, 4) is 0 Å². The van der Waals surface area contributed by atoms with Crippen molar-refractivity contribution < 1.29 is 0 Å². The first-order valence-electron chi connectivity index (χ1n) is 7.31. The van der Waals surface area contributed by atoms with E-state index in [2.05, 4.69) is 42.2 Å². The van der Waals surface area contributed by atoms with E-state index in [1.54, 1.807) is 0 Å². The summed E-state index contributed by atoms with van der Waals surface area (Å²) in [5, 5.41) is 0. The second kappa shape index (κ2) is 6.91. The van der Waals surface area contributed by atoms with E-state index < -0.39 is 0 Å². The number of nitrogens with two attached hydrogens (primary N) is 1. The van der Waals surface area contributed by atoms with Crippen LogP contribution in [0.1, 0.15) is 31.7 Å². The van der Waals surface area contributed by atoms with Gasteiger partial charge in [-0.05, 0) is 37.3 Å². The van der Waals surface area contributed by atoms with Gasteiger partial charge in [-0.15, -0.1) is 0 Å². The van der Waals surface area contributed by atoms with Gasteiger partial charge in [0.25, 0.3) is 0 Å². The molecular weight excluding hydrogens is 220 g/mol. The number of hydrogen-bond acceptors (Lipinski definition) is 2. The minimum absolute atomic E-state index is 0.571. The predicted molar refractivity (Wildman–Crippen MR) is 77.6 cm³/mol. The Morgan fingerprint density at radius 1 is 1.33 bits per heavy atom. The average Bonchev–Trinajstić information content (AvgIpc) is 2.89. The molecule has 1 aliphatic rings. The quantitative estimate of drug-likeness (QED) is 0.836. The molecule has 18 heavy (non-hydrogen) atoms. The van der Waals surface area contributed by atoms with Crippen molar-refractivity contribution in [2.45, 2.75) is 38.6 Å². The third-order valence-corrected chi connectivity index (χ3v) is 4.29. The summed E-state index contributed by atoms with van der Waals surface area (Å²) in [5.41, 5.74) is 7.39. The lowest BCUT2D eigenvalue weighted by Gasteiger charge is -2.26. The van der Waals surface area contributed by atoms with Gasteiger partial charge in [0.2, 0.25) is 0 Å². The highest BCUT2D eigenvalue weighted by Crippen LogP contribution is 2.22. The van der Waals surface area contributed by atoms with Crippen molar-refractivity contribution in [3.63, 3.8) is 0 Å². The molecule has 2 heteroatoms. The molecule has 100 valence electrons. The number of hydrogen-bond donors (Lipinski definition) is 1. The summed E-state index contributed by atoms with van der Waals surface area (Å²) >= 11 is 0. The lowest BCUT2D eigenvalue weighted by molar-refractivity contribution is 0.227. The first-order valence-corrected chi connectivity index (χ1v) is 7.31. The van der Waals surface area contributed by atoms with Gasteiger partial charge in [0.05, 0.1) is 0 Å². The van der Waals surface area contributed by atoms with Crippen molar-refractivity contribution in [1.82, 2.24) is 4.90 Å². The zero-order valence-electron chi connectivity index (χ0n) is 11.5. The van der Waals surface area contributed by atoms with Crippen LogP contribution in [0.5, 0.6) is 0 Å². The van der Waals surface area contributed by atoms with Crippen LogP contribution < -0.4 is 5.73 Å². The molecule has 1 heterocycles. The second-order valence-corrected chi connectivity index (χ2v) is 5.47. The zero-order chi connectivity index (χ0) is 12.8. The molecule has 1 fully saturated rings. The van der Waals surface area contributed by atoms with Crippen molar-refractivity contribution in [2.24, 2.45) is 11.7 Å². The molecule has 0 spiro atoms. The highest BCUT2D eigenvalue weighted by molar-refractivity contribution is 5.14. The third kappa shape index (κ3) is 3.56. The molecule has 2 nitrogen and oxygen atoms in total. The molecule has 0 aromatic heterocycles. The van der Waals surface area contributed by atoms with E-state index in [1.807, 2.05) is 0 Å². The fraction of sp³-hybridized carbons (Fsp3) is 0.625. The Morgan fingerprint density at radius 3 is 2.72 bits per heavy atom.